The van der Waals surface area contributed by atoms with Crippen LogP contribution >= 0.6 is 0 Å². The van der Waals surface area contributed by atoms with Crippen LogP contribution in [0.15, 0.2) is 91.0 Å². The number of nitrogens with one attached hydrogen (secondary N) is 1. The molecule has 322 valence electrons. The SMILES string of the molecule is CCOc1ccc2c(c1)CC(NCCCCO)C(=O)N2c1cccc(CN2C(=O)[C@]3(O[C@H](CC(=O)N4Cc5ccccc5C[C@H]4CO)[C@@H]([Si](C)(C)O)[C@@H]3C)c3ccccc32)c1. The molecule has 12 nitrogen and oxygen atoms in total. The summed E-state index contributed by atoms with van der Waals surface area (Å²) in [6.45, 7) is 9.21. The fourth-order valence-electron chi connectivity index (χ4n) is 10.4. The number of rotatable bonds is 14. The lowest BCUT2D eigenvalue weighted by atomic mass is 9.82. The average Bonchev–Trinajstić information content (AvgIpc) is 3.68. The van der Waals surface area contributed by atoms with E-state index in [0.29, 0.717) is 55.9 Å². The molecule has 8 rings (SSSR count). The second-order valence-corrected chi connectivity index (χ2v) is 21.5. The first-order valence-corrected chi connectivity index (χ1v) is 24.7. The Morgan fingerprint density at radius 3 is 2.44 bits per heavy atom. The van der Waals surface area contributed by atoms with Crippen LogP contribution in [0.2, 0.25) is 18.6 Å². The molecule has 1 fully saturated rings. The smallest absolute Gasteiger partial charge is 0.264 e. The molecule has 61 heavy (non-hydrogen) atoms. The summed E-state index contributed by atoms with van der Waals surface area (Å²) in [5, 5.41) is 23.1. The molecule has 0 radical (unpaired) electrons. The van der Waals surface area contributed by atoms with Crippen LogP contribution in [0.3, 0.4) is 0 Å². The molecule has 0 saturated carbocycles. The molecule has 4 aromatic rings. The lowest BCUT2D eigenvalue weighted by Gasteiger charge is -2.37. The van der Waals surface area contributed by atoms with Gasteiger partial charge in [0.05, 0.1) is 55.7 Å². The lowest BCUT2D eigenvalue weighted by Crippen LogP contribution is -2.49. The fraction of sp³-hybridized carbons (Fsp3) is 0.438. The van der Waals surface area contributed by atoms with Gasteiger partial charge in [-0.15, -0.1) is 0 Å². The van der Waals surface area contributed by atoms with Gasteiger partial charge in [0.15, 0.2) is 13.9 Å². The Morgan fingerprint density at radius 2 is 1.69 bits per heavy atom. The third kappa shape index (κ3) is 7.92. The van der Waals surface area contributed by atoms with E-state index in [1.165, 1.54) is 0 Å². The highest BCUT2D eigenvalue weighted by Gasteiger charge is 2.66. The topological polar surface area (TPSA) is 152 Å². The minimum Gasteiger partial charge on any atom is -0.494 e. The van der Waals surface area contributed by atoms with Gasteiger partial charge in [-0.25, -0.2) is 0 Å². The minimum atomic E-state index is -3.06. The van der Waals surface area contributed by atoms with Crippen LogP contribution in [0.25, 0.3) is 0 Å². The number of ether oxygens (including phenoxy) is 2. The molecule has 1 unspecified atom stereocenters. The molecular formula is C48H58N4O8Si. The summed E-state index contributed by atoms with van der Waals surface area (Å²) in [5.41, 5.74) is 4.92. The number of nitrogens with zero attached hydrogens (tertiary/aromatic N) is 3. The molecule has 3 amide bonds. The number of carbonyl (C=O) groups excluding carboxylic acids is 3. The van der Waals surface area contributed by atoms with Crippen molar-refractivity contribution in [3.63, 3.8) is 0 Å². The van der Waals surface area contributed by atoms with Gasteiger partial charge in [0.2, 0.25) is 11.8 Å². The number of unbranched alkanes of at least 4 members (excludes halogenated alkanes) is 1. The predicted octanol–water partition coefficient (Wildman–Crippen LogP) is 5.72. The predicted molar refractivity (Wildman–Crippen MR) is 236 cm³/mol. The summed E-state index contributed by atoms with van der Waals surface area (Å²) in [7, 11) is -3.06. The number of carbonyl (C=O) groups is 3. The zero-order valence-corrected chi connectivity index (χ0v) is 36.5. The first kappa shape index (κ1) is 42.8. The van der Waals surface area contributed by atoms with Crippen molar-refractivity contribution in [2.24, 2.45) is 5.92 Å². The Morgan fingerprint density at radius 1 is 0.918 bits per heavy atom. The van der Waals surface area contributed by atoms with Gasteiger partial charge in [0, 0.05) is 35.9 Å². The van der Waals surface area contributed by atoms with Gasteiger partial charge < -0.3 is 39.6 Å². The molecule has 0 bridgehead atoms. The van der Waals surface area contributed by atoms with Crippen molar-refractivity contribution in [3.05, 3.63) is 119 Å². The van der Waals surface area contributed by atoms with Crippen molar-refractivity contribution < 1.29 is 38.9 Å². The Bertz CT molecular complexity index is 2280. The lowest BCUT2D eigenvalue weighted by molar-refractivity contribution is -0.151. The molecule has 0 aliphatic carbocycles. The molecule has 1 saturated heterocycles. The van der Waals surface area contributed by atoms with Crippen LogP contribution in [-0.2, 0) is 50.7 Å². The Hall–Kier alpha value is -4.89. The van der Waals surface area contributed by atoms with Gasteiger partial charge >= 0.3 is 0 Å². The maximum atomic E-state index is 15.2. The van der Waals surface area contributed by atoms with Crippen molar-refractivity contribution >= 4 is 43.1 Å². The van der Waals surface area contributed by atoms with E-state index in [4.69, 9.17) is 9.47 Å². The highest BCUT2D eigenvalue weighted by Crippen LogP contribution is 2.60. The molecule has 0 aromatic heterocycles. The van der Waals surface area contributed by atoms with Crippen molar-refractivity contribution in [2.45, 2.75) is 101 Å². The van der Waals surface area contributed by atoms with Crippen LogP contribution < -0.4 is 19.9 Å². The first-order chi connectivity index (χ1) is 29.4. The molecule has 13 heteroatoms. The van der Waals surface area contributed by atoms with Crippen LogP contribution in [0.1, 0.15) is 60.9 Å². The van der Waals surface area contributed by atoms with Gasteiger partial charge in [0.1, 0.15) is 5.75 Å². The highest BCUT2D eigenvalue weighted by molar-refractivity contribution is 6.71. The Labute approximate surface area is 359 Å². The number of anilines is 3. The number of hydrogen-bond acceptors (Lipinski definition) is 9. The van der Waals surface area contributed by atoms with Crippen LogP contribution in [-0.4, -0.2) is 90.5 Å². The maximum Gasteiger partial charge on any atom is 0.264 e. The second kappa shape index (κ2) is 17.5. The van der Waals surface area contributed by atoms with E-state index >= 15 is 4.79 Å². The molecule has 4 N–H and O–H groups in total. The third-order valence-electron chi connectivity index (χ3n) is 13.2. The van der Waals surface area contributed by atoms with Crippen molar-refractivity contribution in [2.75, 3.05) is 36.2 Å². The van der Waals surface area contributed by atoms with Crippen molar-refractivity contribution in [3.8, 4) is 5.75 Å². The monoisotopic (exact) mass is 846 g/mol. The van der Waals surface area contributed by atoms with Crippen LogP contribution in [0.5, 0.6) is 5.75 Å². The molecule has 1 spiro atoms. The number of amides is 3. The molecule has 6 atom stereocenters. The average molecular weight is 847 g/mol. The number of aliphatic hydroxyl groups is 2. The summed E-state index contributed by atoms with van der Waals surface area (Å²) in [6, 6.07) is 28.2. The van der Waals surface area contributed by atoms with Gasteiger partial charge in [-0.1, -0.05) is 61.5 Å². The minimum absolute atomic E-state index is 0.0292. The number of benzene rings is 4. The van der Waals surface area contributed by atoms with E-state index < -0.39 is 37.5 Å². The van der Waals surface area contributed by atoms with Gasteiger partial charge in [0.25, 0.3) is 5.91 Å². The van der Waals surface area contributed by atoms with E-state index in [1.807, 2.05) is 118 Å². The third-order valence-corrected chi connectivity index (χ3v) is 15.7. The molecule has 4 aromatic carbocycles. The number of hydrogen-bond donors (Lipinski definition) is 4. The Kier molecular flexibility index (Phi) is 12.3. The van der Waals surface area contributed by atoms with Gasteiger partial charge in [-0.2, -0.15) is 0 Å². The summed E-state index contributed by atoms with van der Waals surface area (Å²) in [6.07, 6.45) is 1.67. The quantitative estimate of drug-likeness (QED) is 0.0924. The summed E-state index contributed by atoms with van der Waals surface area (Å²) in [4.78, 5) is 60.9. The molecular weight excluding hydrogens is 789 g/mol. The summed E-state index contributed by atoms with van der Waals surface area (Å²) in [5.74, 6) is -0.235. The van der Waals surface area contributed by atoms with Crippen molar-refractivity contribution in [1.82, 2.24) is 10.2 Å². The number of aliphatic hydroxyl groups excluding tert-OH is 2. The van der Waals surface area contributed by atoms with E-state index in [1.54, 1.807) is 14.7 Å². The number of fused-ring (bicyclic) bond motifs is 4. The number of para-hydroxylation sites is 1. The standard InChI is InChI=1S/C48H58N4O8Si/c1-5-59-38-19-20-41-35(25-38)26-40(49-21-10-11-22-53)46(56)52(41)36-16-12-13-32(23-36)28-51-42-18-9-8-17-39(42)48(47(51)57)31(2)45(61(3,4)58)43(60-48)27-44(55)50-29-34-15-7-6-14-33(34)24-37(50)30-54/h6-9,12-20,23,25,31,37,40,43,45,49,53-54,58H,5,10-11,21-22,24,26-30H2,1-4H3/t31-,37-,40?,43+,45-,48+/m0/s1. The van der Waals surface area contributed by atoms with E-state index in [9.17, 15) is 24.6 Å². The summed E-state index contributed by atoms with van der Waals surface area (Å²) < 4.78 is 12.8. The van der Waals surface area contributed by atoms with E-state index in [0.717, 1.165) is 40.1 Å². The Balaban J connectivity index is 1.09. The fourth-order valence-corrected chi connectivity index (χ4v) is 13.0. The zero-order chi connectivity index (χ0) is 43.1. The van der Waals surface area contributed by atoms with Crippen molar-refractivity contribution in [1.29, 1.82) is 0 Å². The van der Waals surface area contributed by atoms with Crippen LogP contribution in [0, 0.1) is 5.92 Å². The molecule has 4 heterocycles. The normalized spacial score (nSPS) is 24.6. The van der Waals surface area contributed by atoms with Gasteiger partial charge in [-0.05, 0) is 111 Å². The molecule has 4 aliphatic heterocycles. The highest BCUT2D eigenvalue weighted by atomic mass is 28.4. The maximum absolute atomic E-state index is 15.2. The van der Waals surface area contributed by atoms with E-state index in [-0.39, 0.29) is 49.9 Å². The first-order valence-electron chi connectivity index (χ1n) is 21.7. The second-order valence-electron chi connectivity index (χ2n) is 17.5. The van der Waals surface area contributed by atoms with Crippen LogP contribution in [0.4, 0.5) is 17.1 Å². The molecule has 4 aliphatic rings. The summed E-state index contributed by atoms with van der Waals surface area (Å²) >= 11 is 0. The van der Waals surface area contributed by atoms with Gasteiger partial charge in [-0.3, -0.25) is 19.3 Å². The van der Waals surface area contributed by atoms with E-state index in [2.05, 4.69) is 5.32 Å². The zero-order valence-electron chi connectivity index (χ0n) is 35.5. The largest absolute Gasteiger partial charge is 0.494 e.